The fourth-order valence-electron chi connectivity index (χ4n) is 2.29. The van der Waals surface area contributed by atoms with E-state index in [0.717, 1.165) is 21.4 Å². The van der Waals surface area contributed by atoms with Gasteiger partial charge in [-0.15, -0.1) is 0 Å². The van der Waals surface area contributed by atoms with Crippen LogP contribution in [0.4, 0.5) is 5.69 Å². The van der Waals surface area contributed by atoms with E-state index in [1.807, 2.05) is 18.2 Å². The molecule has 0 unspecified atom stereocenters. The highest BCUT2D eigenvalue weighted by Gasteiger charge is 2.27. The van der Waals surface area contributed by atoms with E-state index in [9.17, 15) is 0 Å². The molecule has 118 valence electrons. The van der Waals surface area contributed by atoms with E-state index in [0.29, 0.717) is 24.0 Å². The van der Waals surface area contributed by atoms with Crippen LogP contribution in [-0.4, -0.2) is 51.1 Å². The van der Waals surface area contributed by atoms with Gasteiger partial charge in [0.1, 0.15) is 0 Å². The molecule has 2 rings (SSSR count). The number of nitrogens with zero attached hydrogens (tertiary/aromatic N) is 3. The smallest absolute Gasteiger partial charge is 0.215 e. The highest BCUT2D eigenvalue weighted by Crippen LogP contribution is 2.35. The molecule has 22 heavy (non-hydrogen) atoms. The Bertz CT molecular complexity index is 631. The molecular formula is C15H17BrClN3O2. The summed E-state index contributed by atoms with van der Waals surface area (Å²) in [5.74, 6) is 0.477. The maximum Gasteiger partial charge on any atom is 0.215 e. The van der Waals surface area contributed by atoms with Crippen LogP contribution in [0.3, 0.4) is 0 Å². The largest absolute Gasteiger partial charge is 0.481 e. The first kappa shape index (κ1) is 17.0. The van der Waals surface area contributed by atoms with Crippen molar-refractivity contribution >= 4 is 45.8 Å². The average molecular weight is 387 g/mol. The first-order valence-corrected chi connectivity index (χ1v) is 7.86. The number of hydrogen-bond acceptors (Lipinski definition) is 5. The van der Waals surface area contributed by atoms with Crippen LogP contribution in [-0.2, 0) is 4.74 Å². The number of aliphatic imine (C=N–C) groups is 2. The predicted octanol–water partition coefficient (Wildman–Crippen LogP) is 2.91. The number of methoxy groups -OCH3 is 1. The third-order valence-corrected chi connectivity index (χ3v) is 4.59. The lowest BCUT2D eigenvalue weighted by Crippen LogP contribution is -2.22. The standard InChI is InChI=1S/C15H17BrClN3O2/c1-18-12-9-20(13-5-3-4-11(16)14(13)17)8-10(12)15(22-2)19-6-7-21/h3-5,21H,1,6-9H2,2H3. The molecule has 0 aromatic heterocycles. The second kappa shape index (κ2) is 7.76. The minimum atomic E-state index is -0.0296. The van der Waals surface area contributed by atoms with Gasteiger partial charge in [0, 0.05) is 4.47 Å². The molecular weight excluding hydrogens is 370 g/mol. The van der Waals surface area contributed by atoms with Crippen LogP contribution in [0, 0.1) is 0 Å². The highest BCUT2D eigenvalue weighted by molar-refractivity contribution is 9.10. The summed E-state index contributed by atoms with van der Waals surface area (Å²) in [4.78, 5) is 10.4. The number of hydrogen-bond donors (Lipinski definition) is 1. The molecule has 5 nitrogen and oxygen atoms in total. The van der Waals surface area contributed by atoms with Crippen LogP contribution in [0.25, 0.3) is 0 Å². The van der Waals surface area contributed by atoms with Crippen LogP contribution in [0.15, 0.2) is 43.9 Å². The van der Waals surface area contributed by atoms with Crippen LogP contribution in [0.2, 0.25) is 5.02 Å². The lowest BCUT2D eigenvalue weighted by Gasteiger charge is -2.20. The summed E-state index contributed by atoms with van der Waals surface area (Å²) in [6, 6.07) is 5.78. The zero-order valence-electron chi connectivity index (χ0n) is 12.2. The quantitative estimate of drug-likeness (QED) is 0.625. The fraction of sp³-hybridized carbons (Fsp3) is 0.333. The minimum absolute atomic E-state index is 0.0296. The van der Waals surface area contributed by atoms with Gasteiger partial charge >= 0.3 is 0 Å². The van der Waals surface area contributed by atoms with Gasteiger partial charge in [-0.05, 0) is 34.8 Å². The molecule has 1 aliphatic heterocycles. The Kier molecular flexibility index (Phi) is 5.99. The number of rotatable bonds is 5. The van der Waals surface area contributed by atoms with Crippen molar-refractivity contribution in [3.05, 3.63) is 39.0 Å². The van der Waals surface area contributed by atoms with Crippen LogP contribution < -0.4 is 4.90 Å². The Labute approximate surface area is 143 Å². The predicted molar refractivity (Wildman–Crippen MR) is 94.3 cm³/mol. The normalized spacial score (nSPS) is 15.5. The van der Waals surface area contributed by atoms with E-state index in [2.05, 4.69) is 37.5 Å². The van der Waals surface area contributed by atoms with Crippen molar-refractivity contribution < 1.29 is 9.84 Å². The van der Waals surface area contributed by atoms with Crippen molar-refractivity contribution in [3.8, 4) is 0 Å². The number of benzene rings is 1. The van der Waals surface area contributed by atoms with Gasteiger partial charge in [0.2, 0.25) is 5.90 Å². The van der Waals surface area contributed by atoms with Crippen molar-refractivity contribution in [2.45, 2.75) is 0 Å². The molecule has 1 aromatic rings. The maximum absolute atomic E-state index is 8.93. The molecule has 0 spiro atoms. The summed E-state index contributed by atoms with van der Waals surface area (Å²) >= 11 is 9.79. The summed E-state index contributed by atoms with van der Waals surface area (Å²) in [6.45, 7) is 5.03. The lowest BCUT2D eigenvalue weighted by atomic mass is 10.2. The molecule has 0 amide bonds. The van der Waals surface area contributed by atoms with E-state index in [4.69, 9.17) is 21.4 Å². The van der Waals surface area contributed by atoms with Gasteiger partial charge < -0.3 is 14.7 Å². The monoisotopic (exact) mass is 385 g/mol. The molecule has 0 radical (unpaired) electrons. The molecule has 0 aliphatic carbocycles. The second-order valence-electron chi connectivity index (χ2n) is 4.63. The second-order valence-corrected chi connectivity index (χ2v) is 5.86. The highest BCUT2D eigenvalue weighted by atomic mass is 79.9. The number of anilines is 1. The summed E-state index contributed by atoms with van der Waals surface area (Å²) < 4.78 is 6.17. The van der Waals surface area contributed by atoms with Crippen LogP contribution in [0.1, 0.15) is 0 Å². The maximum atomic E-state index is 8.93. The molecule has 1 heterocycles. The van der Waals surface area contributed by atoms with Gasteiger partial charge in [-0.25, -0.2) is 4.99 Å². The fourth-order valence-corrected chi connectivity index (χ4v) is 2.89. The molecule has 0 atom stereocenters. The van der Waals surface area contributed by atoms with Crippen molar-refractivity contribution in [3.63, 3.8) is 0 Å². The van der Waals surface area contributed by atoms with E-state index in [1.54, 1.807) is 7.11 Å². The van der Waals surface area contributed by atoms with Gasteiger partial charge in [0.25, 0.3) is 0 Å². The Balaban J connectivity index is 2.30. The topological polar surface area (TPSA) is 57.4 Å². The van der Waals surface area contributed by atoms with Gasteiger partial charge in [0.05, 0.1) is 55.3 Å². The molecule has 0 bridgehead atoms. The van der Waals surface area contributed by atoms with Crippen molar-refractivity contribution in [2.75, 3.05) is 38.3 Å². The zero-order chi connectivity index (χ0) is 16.1. The molecule has 7 heteroatoms. The van der Waals surface area contributed by atoms with Gasteiger partial charge in [-0.1, -0.05) is 17.7 Å². The zero-order valence-corrected chi connectivity index (χ0v) is 14.6. The minimum Gasteiger partial charge on any atom is -0.481 e. The number of halogens is 2. The van der Waals surface area contributed by atoms with Crippen LogP contribution >= 0.6 is 27.5 Å². The van der Waals surface area contributed by atoms with Crippen LogP contribution in [0.5, 0.6) is 0 Å². The summed E-state index contributed by atoms with van der Waals surface area (Å²) in [5.41, 5.74) is 2.57. The molecule has 0 saturated heterocycles. The summed E-state index contributed by atoms with van der Waals surface area (Å²) in [5, 5.41) is 9.58. The molecule has 1 aliphatic rings. The molecule has 0 fully saturated rings. The Hall–Kier alpha value is -1.37. The number of aliphatic hydroxyl groups is 1. The Morgan fingerprint density at radius 3 is 2.91 bits per heavy atom. The molecule has 1 N–H and O–H groups in total. The van der Waals surface area contributed by atoms with Gasteiger partial charge in [-0.3, -0.25) is 4.99 Å². The van der Waals surface area contributed by atoms with Crippen molar-refractivity contribution in [1.29, 1.82) is 0 Å². The molecule has 1 aromatic carbocycles. The Morgan fingerprint density at radius 1 is 1.50 bits per heavy atom. The van der Waals surface area contributed by atoms with E-state index in [1.165, 1.54) is 0 Å². The van der Waals surface area contributed by atoms with Crippen molar-refractivity contribution in [1.82, 2.24) is 0 Å². The van der Waals surface area contributed by atoms with Gasteiger partial charge in [0.15, 0.2) is 0 Å². The summed E-state index contributed by atoms with van der Waals surface area (Å²) in [7, 11) is 1.55. The third kappa shape index (κ3) is 3.51. The first-order valence-electron chi connectivity index (χ1n) is 6.69. The van der Waals surface area contributed by atoms with Gasteiger partial charge in [-0.2, -0.15) is 0 Å². The first-order chi connectivity index (χ1) is 10.6. The average Bonchev–Trinajstić information content (AvgIpc) is 2.95. The van der Waals surface area contributed by atoms with E-state index >= 15 is 0 Å². The lowest BCUT2D eigenvalue weighted by molar-refractivity contribution is 0.304. The number of ether oxygens (including phenoxy) is 1. The summed E-state index contributed by atoms with van der Waals surface area (Å²) in [6.07, 6.45) is 0. The van der Waals surface area contributed by atoms with E-state index < -0.39 is 0 Å². The van der Waals surface area contributed by atoms with E-state index in [-0.39, 0.29) is 13.2 Å². The molecule has 0 saturated carbocycles. The number of aliphatic hydroxyl groups excluding tert-OH is 1. The Morgan fingerprint density at radius 2 is 2.27 bits per heavy atom. The third-order valence-electron chi connectivity index (χ3n) is 3.31. The van der Waals surface area contributed by atoms with Crippen molar-refractivity contribution in [2.24, 2.45) is 9.98 Å². The SMILES string of the molecule is C=NC1=C(C(=NCCO)OC)CN(c2cccc(Br)c2Cl)C1.